The normalized spacial score (nSPS) is 10.8. The molecule has 62 valence electrons. The Morgan fingerprint density at radius 3 is 3.25 bits per heavy atom. The van der Waals surface area contributed by atoms with E-state index < -0.39 is 0 Å². The molecule has 0 aliphatic heterocycles. The molecule has 0 saturated carbocycles. The van der Waals surface area contributed by atoms with Crippen molar-refractivity contribution in [2.24, 2.45) is 0 Å². The smallest absolute Gasteiger partial charge is 0.143 e. The van der Waals surface area contributed by atoms with E-state index in [0.717, 1.165) is 21.1 Å². The van der Waals surface area contributed by atoms with Crippen LogP contribution in [0.15, 0.2) is 18.3 Å². The largest absolute Gasteiger partial charge is 0.244 e. The third-order valence-corrected chi connectivity index (χ3v) is 3.20. The van der Waals surface area contributed by atoms with E-state index in [0.29, 0.717) is 0 Å². The number of thiazole rings is 1. The summed E-state index contributed by atoms with van der Waals surface area (Å²) in [6.07, 6.45) is 3.89. The number of hydrogen-bond acceptors (Lipinski definition) is 4. The summed E-state index contributed by atoms with van der Waals surface area (Å²) >= 11 is 3.47. The Morgan fingerprint density at radius 1 is 1.58 bits per heavy atom. The Morgan fingerprint density at radius 2 is 2.50 bits per heavy atom. The maximum absolute atomic E-state index is 4.44. The van der Waals surface area contributed by atoms with E-state index in [1.165, 1.54) is 0 Å². The molecule has 0 bridgehead atoms. The maximum atomic E-state index is 4.44. The molecule has 4 heteroatoms. The molecule has 0 fully saturated rings. The maximum Gasteiger partial charge on any atom is 0.143 e. The first-order valence-corrected chi connectivity index (χ1v) is 5.80. The van der Waals surface area contributed by atoms with Crippen LogP contribution in [-0.4, -0.2) is 16.2 Å². The molecule has 0 radical (unpaired) electrons. The first kappa shape index (κ1) is 8.01. The van der Waals surface area contributed by atoms with Crippen molar-refractivity contribution in [3.05, 3.63) is 23.3 Å². The van der Waals surface area contributed by atoms with Gasteiger partial charge in [0, 0.05) is 11.9 Å². The second-order valence-corrected chi connectivity index (χ2v) is 4.30. The molecule has 0 aliphatic rings. The van der Waals surface area contributed by atoms with Crippen LogP contribution >= 0.6 is 23.1 Å². The summed E-state index contributed by atoms with van der Waals surface area (Å²) in [6, 6.07) is 3.92. The van der Waals surface area contributed by atoms with Crippen LogP contribution in [-0.2, 0) is 5.75 Å². The topological polar surface area (TPSA) is 25.8 Å². The summed E-state index contributed by atoms with van der Waals surface area (Å²) in [6.45, 7) is 0. The molecule has 2 aromatic rings. The molecule has 0 aromatic carbocycles. The van der Waals surface area contributed by atoms with Crippen molar-refractivity contribution in [3.63, 3.8) is 0 Å². The summed E-state index contributed by atoms with van der Waals surface area (Å²) in [4.78, 5) is 9.71. The van der Waals surface area contributed by atoms with Crippen LogP contribution in [0.1, 0.15) is 5.01 Å². The molecule has 0 atom stereocenters. The average molecular weight is 196 g/mol. The molecular weight excluding hydrogens is 188 g/mol. The van der Waals surface area contributed by atoms with Gasteiger partial charge in [0.15, 0.2) is 0 Å². The predicted octanol–water partition coefficient (Wildman–Crippen LogP) is 2.55. The zero-order chi connectivity index (χ0) is 8.39. The first-order chi connectivity index (χ1) is 5.90. The molecule has 2 aromatic heterocycles. The molecule has 0 amide bonds. The number of pyridine rings is 1. The minimum atomic E-state index is 0.987. The fraction of sp³-hybridized carbons (Fsp3) is 0.250. The van der Waals surface area contributed by atoms with Gasteiger partial charge in [-0.25, -0.2) is 9.97 Å². The fourth-order valence-corrected chi connectivity index (χ4v) is 2.60. The minimum absolute atomic E-state index is 0.987. The van der Waals surface area contributed by atoms with Crippen molar-refractivity contribution in [2.45, 2.75) is 5.75 Å². The molecule has 0 N–H and O–H groups in total. The van der Waals surface area contributed by atoms with E-state index in [1.807, 2.05) is 18.3 Å². The van der Waals surface area contributed by atoms with Gasteiger partial charge in [-0.15, -0.1) is 0 Å². The fourth-order valence-electron chi connectivity index (χ4n) is 1.00. The summed E-state index contributed by atoms with van der Waals surface area (Å²) in [5.74, 6) is 0.987. The van der Waals surface area contributed by atoms with Crippen LogP contribution in [0.4, 0.5) is 0 Å². The lowest BCUT2D eigenvalue weighted by Gasteiger charge is -1.84. The highest BCUT2D eigenvalue weighted by Crippen LogP contribution is 2.21. The summed E-state index contributed by atoms with van der Waals surface area (Å²) in [7, 11) is 0. The second-order valence-electron chi connectivity index (χ2n) is 2.37. The van der Waals surface area contributed by atoms with E-state index in [4.69, 9.17) is 0 Å². The summed E-state index contributed by atoms with van der Waals surface area (Å²) in [5.41, 5.74) is 1.02. The lowest BCUT2D eigenvalue weighted by molar-refractivity contribution is 1.30. The Bertz CT molecular complexity index is 350. The molecule has 2 rings (SSSR count). The summed E-state index contributed by atoms with van der Waals surface area (Å²) in [5, 5.41) is 1.16. The lowest BCUT2D eigenvalue weighted by atomic mass is 10.5. The Balaban J connectivity index is 2.47. The molecule has 0 spiro atoms. The number of rotatable bonds is 2. The van der Waals surface area contributed by atoms with Gasteiger partial charge in [-0.3, -0.25) is 0 Å². The van der Waals surface area contributed by atoms with E-state index in [2.05, 4.69) is 16.2 Å². The standard InChI is InChI=1S/C8H8N2S2/c1-11-5-7-10-6-3-2-4-9-8(6)12-7/h2-4H,5H2,1H3. The quantitative estimate of drug-likeness (QED) is 0.738. The zero-order valence-electron chi connectivity index (χ0n) is 6.65. The Hall–Kier alpha value is -0.610. The van der Waals surface area contributed by atoms with Crippen molar-refractivity contribution < 1.29 is 0 Å². The monoisotopic (exact) mass is 196 g/mol. The van der Waals surface area contributed by atoms with E-state index in [1.54, 1.807) is 23.1 Å². The van der Waals surface area contributed by atoms with E-state index in [-0.39, 0.29) is 0 Å². The van der Waals surface area contributed by atoms with Crippen LogP contribution in [0.3, 0.4) is 0 Å². The number of thioether (sulfide) groups is 1. The van der Waals surface area contributed by atoms with Crippen molar-refractivity contribution in [1.82, 2.24) is 9.97 Å². The molecule has 12 heavy (non-hydrogen) atoms. The van der Waals surface area contributed by atoms with Gasteiger partial charge in [-0.05, 0) is 18.4 Å². The van der Waals surface area contributed by atoms with Gasteiger partial charge in [0.2, 0.25) is 0 Å². The molecule has 0 unspecified atom stereocenters. The van der Waals surface area contributed by atoms with Crippen LogP contribution in [0.25, 0.3) is 10.3 Å². The van der Waals surface area contributed by atoms with Crippen molar-refractivity contribution in [1.29, 1.82) is 0 Å². The van der Waals surface area contributed by atoms with Crippen LogP contribution < -0.4 is 0 Å². The SMILES string of the molecule is CSCc1nc2cccnc2s1. The highest BCUT2D eigenvalue weighted by atomic mass is 32.2. The Labute approximate surface area is 79.0 Å². The van der Waals surface area contributed by atoms with Crippen molar-refractivity contribution in [2.75, 3.05) is 6.26 Å². The molecule has 0 saturated heterocycles. The first-order valence-electron chi connectivity index (χ1n) is 3.59. The third-order valence-electron chi connectivity index (χ3n) is 1.48. The van der Waals surface area contributed by atoms with Gasteiger partial charge < -0.3 is 0 Å². The summed E-state index contributed by atoms with van der Waals surface area (Å²) < 4.78 is 0. The van der Waals surface area contributed by atoms with Gasteiger partial charge in [0.05, 0.1) is 0 Å². The second kappa shape index (κ2) is 3.41. The lowest BCUT2D eigenvalue weighted by Crippen LogP contribution is -1.74. The van der Waals surface area contributed by atoms with Gasteiger partial charge in [-0.1, -0.05) is 11.3 Å². The van der Waals surface area contributed by atoms with E-state index >= 15 is 0 Å². The molecule has 0 aliphatic carbocycles. The molecule has 2 nitrogen and oxygen atoms in total. The average Bonchev–Trinajstić information content (AvgIpc) is 2.47. The molecule has 2 heterocycles. The van der Waals surface area contributed by atoms with Crippen molar-refractivity contribution in [3.8, 4) is 0 Å². The van der Waals surface area contributed by atoms with Gasteiger partial charge in [-0.2, -0.15) is 11.8 Å². The Kier molecular flexibility index (Phi) is 2.28. The minimum Gasteiger partial charge on any atom is -0.244 e. The van der Waals surface area contributed by atoms with Gasteiger partial charge >= 0.3 is 0 Å². The predicted molar refractivity (Wildman–Crippen MR) is 54.6 cm³/mol. The number of aromatic nitrogens is 2. The van der Waals surface area contributed by atoms with Crippen LogP contribution in [0.5, 0.6) is 0 Å². The van der Waals surface area contributed by atoms with Crippen LogP contribution in [0.2, 0.25) is 0 Å². The van der Waals surface area contributed by atoms with Crippen LogP contribution in [0, 0.1) is 0 Å². The highest BCUT2D eigenvalue weighted by Gasteiger charge is 2.01. The van der Waals surface area contributed by atoms with Gasteiger partial charge in [0.25, 0.3) is 0 Å². The number of hydrogen-bond donors (Lipinski definition) is 0. The van der Waals surface area contributed by atoms with Gasteiger partial charge in [0.1, 0.15) is 15.4 Å². The third kappa shape index (κ3) is 1.44. The van der Waals surface area contributed by atoms with E-state index in [9.17, 15) is 0 Å². The number of nitrogens with zero attached hydrogens (tertiary/aromatic N) is 2. The molecular formula is C8H8N2S2. The highest BCUT2D eigenvalue weighted by molar-refractivity contribution is 7.97. The zero-order valence-corrected chi connectivity index (χ0v) is 8.28. The number of fused-ring (bicyclic) bond motifs is 1. The van der Waals surface area contributed by atoms with Crippen molar-refractivity contribution >= 4 is 33.4 Å².